The van der Waals surface area contributed by atoms with E-state index >= 15 is 4.39 Å². The van der Waals surface area contributed by atoms with Crippen LogP contribution in [0.15, 0.2) is 23.8 Å². The molecule has 3 nitrogen and oxygen atoms in total. The Morgan fingerprint density at radius 2 is 2.04 bits per heavy atom. The van der Waals surface area contributed by atoms with E-state index in [1.807, 2.05) is 20.8 Å². The van der Waals surface area contributed by atoms with Gasteiger partial charge in [0.15, 0.2) is 17.2 Å². The van der Waals surface area contributed by atoms with Gasteiger partial charge in [0, 0.05) is 17.3 Å². The van der Waals surface area contributed by atoms with Gasteiger partial charge in [-0.25, -0.2) is 4.39 Å². The van der Waals surface area contributed by atoms with Crippen molar-refractivity contribution in [2.45, 2.75) is 58.2 Å². The predicted molar refractivity (Wildman–Crippen MR) is 102 cm³/mol. The fourth-order valence-electron chi connectivity index (χ4n) is 7.22. The number of hydrogen-bond acceptors (Lipinski definition) is 3. The molecule has 0 amide bonds. The minimum absolute atomic E-state index is 0.0130. The van der Waals surface area contributed by atoms with Crippen molar-refractivity contribution in [2.75, 3.05) is 5.88 Å². The molecule has 27 heavy (non-hydrogen) atoms. The summed E-state index contributed by atoms with van der Waals surface area (Å²) in [5.41, 5.74) is -2.44. The van der Waals surface area contributed by atoms with Crippen LogP contribution in [-0.4, -0.2) is 34.3 Å². The molecule has 0 spiro atoms. The minimum atomic E-state index is -1.83. The summed E-state index contributed by atoms with van der Waals surface area (Å²) in [7, 11) is 0. The van der Waals surface area contributed by atoms with E-state index in [0.717, 1.165) is 12.0 Å². The van der Waals surface area contributed by atoms with Crippen molar-refractivity contribution in [3.8, 4) is 0 Å². The van der Waals surface area contributed by atoms with Gasteiger partial charge in [-0.3, -0.25) is 9.59 Å². The van der Waals surface area contributed by atoms with Crippen LogP contribution < -0.4 is 0 Å². The first-order valence-electron chi connectivity index (χ1n) is 10.0. The number of aliphatic hydroxyl groups excluding tert-OH is 1. The number of carbonyl (C=O) groups excluding carboxylic acids is 2. The molecule has 0 aromatic heterocycles. The minimum Gasteiger partial charge on any atom is -0.390 e. The van der Waals surface area contributed by atoms with Gasteiger partial charge in [-0.15, -0.1) is 11.6 Å². The summed E-state index contributed by atoms with van der Waals surface area (Å²) in [5, 5.41) is 11.1. The highest BCUT2D eigenvalue weighted by molar-refractivity contribution is 6.28. The Balaban J connectivity index is 1.81. The second kappa shape index (κ2) is 6.00. The summed E-state index contributed by atoms with van der Waals surface area (Å²) in [6.07, 6.45) is 5.87. The third kappa shape index (κ3) is 2.29. The molecule has 148 valence electrons. The number of ketones is 2. The smallest absolute Gasteiger partial charge is 0.178 e. The third-order valence-corrected chi connectivity index (χ3v) is 8.75. The SMILES string of the molecule is CC1C[C@H]2[C@@H]3CC[C@H](C(=O)CCl)[C@@]3(C)C[C@H](O)[C@]2(F)[C@@]2(C)C=CC(=O)C=C12. The first kappa shape index (κ1) is 19.3. The van der Waals surface area contributed by atoms with Gasteiger partial charge in [-0.1, -0.05) is 25.5 Å². The van der Waals surface area contributed by atoms with Crippen LogP contribution >= 0.6 is 11.6 Å². The van der Waals surface area contributed by atoms with Gasteiger partial charge in [-0.2, -0.15) is 0 Å². The largest absolute Gasteiger partial charge is 0.390 e. The lowest BCUT2D eigenvalue weighted by molar-refractivity contribution is -0.200. The van der Waals surface area contributed by atoms with Crippen LogP contribution in [0.5, 0.6) is 0 Å². The number of alkyl halides is 2. The Labute approximate surface area is 165 Å². The Kier molecular flexibility index (Phi) is 4.29. The third-order valence-electron chi connectivity index (χ3n) is 8.49. The number of halogens is 2. The molecule has 0 saturated heterocycles. The molecule has 3 saturated carbocycles. The lowest BCUT2D eigenvalue weighted by atomic mass is 9.43. The zero-order chi connectivity index (χ0) is 19.8. The van der Waals surface area contributed by atoms with Crippen LogP contribution in [0.2, 0.25) is 0 Å². The average Bonchev–Trinajstić information content (AvgIpc) is 2.95. The van der Waals surface area contributed by atoms with Crippen molar-refractivity contribution in [3.63, 3.8) is 0 Å². The summed E-state index contributed by atoms with van der Waals surface area (Å²) in [6.45, 7) is 5.92. The van der Waals surface area contributed by atoms with Crippen molar-refractivity contribution in [1.82, 2.24) is 0 Å². The van der Waals surface area contributed by atoms with Crippen LogP contribution in [-0.2, 0) is 9.59 Å². The highest BCUT2D eigenvalue weighted by Crippen LogP contribution is 2.69. The van der Waals surface area contributed by atoms with Crippen LogP contribution in [0.1, 0.15) is 46.5 Å². The molecule has 0 aliphatic heterocycles. The Morgan fingerprint density at radius 1 is 1.33 bits per heavy atom. The molecule has 5 heteroatoms. The molecule has 0 aromatic carbocycles. The van der Waals surface area contributed by atoms with E-state index < -0.39 is 22.6 Å². The zero-order valence-corrected chi connectivity index (χ0v) is 16.9. The maximum Gasteiger partial charge on any atom is 0.178 e. The lowest BCUT2D eigenvalue weighted by Crippen LogP contribution is -2.67. The highest BCUT2D eigenvalue weighted by Gasteiger charge is 2.71. The maximum atomic E-state index is 16.9. The summed E-state index contributed by atoms with van der Waals surface area (Å²) in [5.74, 6) is -0.568. The summed E-state index contributed by atoms with van der Waals surface area (Å²) in [4.78, 5) is 24.4. The summed E-state index contributed by atoms with van der Waals surface area (Å²) >= 11 is 5.84. The van der Waals surface area contributed by atoms with Crippen molar-refractivity contribution in [3.05, 3.63) is 23.8 Å². The molecular formula is C22H28ClFO3. The standard InChI is InChI=1S/C22H28ClFO3/c1-12-8-17-14-4-5-15(18(26)11-23)20(14,2)10-19(27)22(17,24)21(3)7-6-13(25)9-16(12)21/h6-7,9,12,14-15,17,19,27H,4-5,8,10-11H2,1-3H3/t12?,14-,15+,17-,19-,20-,21-,22-/m0/s1. The van der Waals surface area contributed by atoms with E-state index in [2.05, 4.69) is 0 Å². The number of carbonyl (C=O) groups is 2. The van der Waals surface area contributed by atoms with E-state index in [1.54, 1.807) is 12.2 Å². The molecule has 0 bridgehead atoms. The molecule has 4 aliphatic rings. The molecule has 3 fully saturated rings. The monoisotopic (exact) mass is 394 g/mol. The van der Waals surface area contributed by atoms with Gasteiger partial charge in [-0.05, 0) is 62.0 Å². The first-order chi connectivity index (χ1) is 12.6. The van der Waals surface area contributed by atoms with Crippen LogP contribution in [0, 0.1) is 34.5 Å². The van der Waals surface area contributed by atoms with Crippen molar-refractivity contribution in [1.29, 1.82) is 0 Å². The van der Waals surface area contributed by atoms with Gasteiger partial charge >= 0.3 is 0 Å². The van der Waals surface area contributed by atoms with E-state index in [9.17, 15) is 14.7 Å². The van der Waals surface area contributed by atoms with E-state index in [4.69, 9.17) is 11.6 Å². The Morgan fingerprint density at radius 3 is 2.70 bits per heavy atom. The fourth-order valence-corrected chi connectivity index (χ4v) is 7.41. The molecule has 0 aromatic rings. The summed E-state index contributed by atoms with van der Waals surface area (Å²) < 4.78 is 16.9. The first-order valence-corrected chi connectivity index (χ1v) is 10.5. The average molecular weight is 395 g/mol. The Bertz CT molecular complexity index is 761. The molecule has 4 aliphatic carbocycles. The number of Topliss-reactive ketones (excluding diaryl/α,β-unsaturated/α-hetero) is 1. The molecule has 1 unspecified atom stereocenters. The van der Waals surface area contributed by atoms with Crippen molar-refractivity contribution in [2.24, 2.45) is 34.5 Å². The fraction of sp³-hybridized carbons (Fsp3) is 0.727. The normalized spacial score (nSPS) is 51.3. The molecule has 0 radical (unpaired) electrons. The van der Waals surface area contributed by atoms with Gasteiger partial charge in [0.1, 0.15) is 0 Å². The molecular weight excluding hydrogens is 367 g/mol. The van der Waals surface area contributed by atoms with Crippen molar-refractivity contribution < 1.29 is 19.1 Å². The Hall–Kier alpha value is -1.00. The number of fused-ring (bicyclic) bond motifs is 5. The van der Waals surface area contributed by atoms with E-state index in [-0.39, 0.29) is 47.5 Å². The quantitative estimate of drug-likeness (QED) is 0.719. The molecule has 4 rings (SSSR count). The van der Waals surface area contributed by atoms with Crippen LogP contribution in [0.4, 0.5) is 4.39 Å². The maximum absolute atomic E-state index is 16.9. The molecule has 8 atom stereocenters. The van der Waals surface area contributed by atoms with Gasteiger partial charge < -0.3 is 5.11 Å². The number of allylic oxidation sites excluding steroid dienone is 4. The topological polar surface area (TPSA) is 54.4 Å². The molecule has 0 heterocycles. The second-order valence-electron chi connectivity index (χ2n) is 9.61. The van der Waals surface area contributed by atoms with E-state index in [0.29, 0.717) is 12.8 Å². The zero-order valence-electron chi connectivity index (χ0n) is 16.2. The summed E-state index contributed by atoms with van der Waals surface area (Å²) in [6, 6.07) is 0. The second-order valence-corrected chi connectivity index (χ2v) is 9.88. The van der Waals surface area contributed by atoms with Crippen LogP contribution in [0.25, 0.3) is 0 Å². The molecule has 1 N–H and O–H groups in total. The lowest BCUT2D eigenvalue weighted by Gasteiger charge is -2.63. The number of aliphatic hydroxyl groups is 1. The number of rotatable bonds is 2. The predicted octanol–water partition coefficient (Wildman–Crippen LogP) is 4.03. The van der Waals surface area contributed by atoms with E-state index in [1.165, 1.54) is 6.08 Å². The number of hydrogen-bond donors (Lipinski definition) is 1. The van der Waals surface area contributed by atoms with Gasteiger partial charge in [0.2, 0.25) is 0 Å². The van der Waals surface area contributed by atoms with Gasteiger partial charge in [0.25, 0.3) is 0 Å². The van der Waals surface area contributed by atoms with Crippen LogP contribution in [0.3, 0.4) is 0 Å². The van der Waals surface area contributed by atoms with Crippen molar-refractivity contribution >= 4 is 23.2 Å². The highest BCUT2D eigenvalue weighted by atomic mass is 35.5. The van der Waals surface area contributed by atoms with Gasteiger partial charge in [0.05, 0.1) is 12.0 Å².